The third-order valence-corrected chi connectivity index (χ3v) is 5.59. The highest BCUT2D eigenvalue weighted by Gasteiger charge is 2.21. The van der Waals surface area contributed by atoms with Crippen LogP contribution in [0.5, 0.6) is 0 Å². The van der Waals surface area contributed by atoms with Gasteiger partial charge in [-0.1, -0.05) is 29.8 Å². The Balaban J connectivity index is 1.33. The molecule has 0 unspecified atom stereocenters. The van der Waals surface area contributed by atoms with E-state index in [1.807, 2.05) is 12.1 Å². The number of nitrogens with zero attached hydrogens (tertiary/aromatic N) is 3. The molecule has 1 aromatic heterocycles. The molecule has 4 rings (SSSR count). The largest absolute Gasteiger partial charge is 0.341 e. The summed E-state index contributed by atoms with van der Waals surface area (Å²) < 4.78 is 13.7. The number of benzene rings is 2. The van der Waals surface area contributed by atoms with Crippen LogP contribution in [-0.4, -0.2) is 35.6 Å². The van der Waals surface area contributed by atoms with Crippen molar-refractivity contribution in [1.82, 2.24) is 15.3 Å². The average Bonchev–Trinajstić information content (AvgIpc) is 2.70. The van der Waals surface area contributed by atoms with Gasteiger partial charge in [0.1, 0.15) is 5.82 Å². The van der Waals surface area contributed by atoms with Crippen LogP contribution in [0, 0.1) is 19.7 Å². The van der Waals surface area contributed by atoms with E-state index in [1.165, 1.54) is 11.6 Å². The van der Waals surface area contributed by atoms with E-state index in [0.29, 0.717) is 6.04 Å². The maximum atomic E-state index is 13.7. The molecule has 1 aliphatic heterocycles. The predicted octanol–water partition coefficient (Wildman–Crippen LogP) is 4.19. The first-order chi connectivity index (χ1) is 13.6. The Hall–Kier alpha value is -2.53. The minimum absolute atomic E-state index is 0.113. The Morgan fingerprint density at radius 2 is 1.86 bits per heavy atom. The molecular weight excluding hydrogens is 351 g/mol. The normalized spacial score (nSPS) is 15.3. The maximum absolute atomic E-state index is 13.7. The number of anilines is 1. The zero-order chi connectivity index (χ0) is 19.5. The number of piperidine rings is 1. The highest BCUT2D eigenvalue weighted by Crippen LogP contribution is 2.22. The Morgan fingerprint density at radius 1 is 1.07 bits per heavy atom. The second-order valence-corrected chi connectivity index (χ2v) is 7.69. The lowest BCUT2D eigenvalue weighted by Gasteiger charge is -2.32. The molecule has 2 aromatic carbocycles. The summed E-state index contributed by atoms with van der Waals surface area (Å²) in [5.74, 6) is 0.719. The van der Waals surface area contributed by atoms with E-state index in [0.717, 1.165) is 67.0 Å². The Labute approximate surface area is 165 Å². The molecule has 0 spiro atoms. The second-order valence-electron chi connectivity index (χ2n) is 7.69. The van der Waals surface area contributed by atoms with Crippen molar-refractivity contribution in [2.75, 3.05) is 24.5 Å². The summed E-state index contributed by atoms with van der Waals surface area (Å²) in [6.45, 7) is 6.83. The SMILES string of the molecule is Cc1ccc2nc(N3CCC(NCCc4ccccc4F)CC3)nc(C)c2c1. The number of nitrogens with one attached hydrogen (secondary N) is 1. The molecule has 0 atom stereocenters. The molecular formula is C23H27FN4. The highest BCUT2D eigenvalue weighted by atomic mass is 19.1. The van der Waals surface area contributed by atoms with Crippen LogP contribution in [0.1, 0.15) is 29.7 Å². The first kappa shape index (κ1) is 18.8. The van der Waals surface area contributed by atoms with Crippen molar-refractivity contribution in [3.8, 4) is 0 Å². The molecule has 0 bridgehead atoms. The third kappa shape index (κ3) is 4.14. The van der Waals surface area contributed by atoms with Gasteiger partial charge in [0.05, 0.1) is 11.2 Å². The molecule has 1 fully saturated rings. The molecule has 5 heteroatoms. The van der Waals surface area contributed by atoms with Gasteiger partial charge in [0.15, 0.2) is 0 Å². The van der Waals surface area contributed by atoms with Gasteiger partial charge in [-0.15, -0.1) is 0 Å². The maximum Gasteiger partial charge on any atom is 0.226 e. The van der Waals surface area contributed by atoms with E-state index < -0.39 is 0 Å². The van der Waals surface area contributed by atoms with Crippen LogP contribution in [0.25, 0.3) is 10.9 Å². The standard InChI is InChI=1S/C23H27FN4/c1-16-7-8-22-20(15-16)17(2)26-23(27-22)28-13-10-19(11-14-28)25-12-9-18-5-3-4-6-21(18)24/h3-8,15,19,25H,9-14H2,1-2H3. The van der Waals surface area contributed by atoms with Crippen molar-refractivity contribution in [1.29, 1.82) is 0 Å². The van der Waals surface area contributed by atoms with E-state index >= 15 is 0 Å². The Morgan fingerprint density at radius 3 is 2.64 bits per heavy atom. The number of hydrogen-bond acceptors (Lipinski definition) is 4. The van der Waals surface area contributed by atoms with Gasteiger partial charge in [-0.2, -0.15) is 0 Å². The zero-order valence-corrected chi connectivity index (χ0v) is 16.6. The van der Waals surface area contributed by atoms with Gasteiger partial charge in [-0.05, 0) is 63.4 Å². The van der Waals surface area contributed by atoms with E-state index in [4.69, 9.17) is 9.97 Å². The topological polar surface area (TPSA) is 41.1 Å². The molecule has 0 amide bonds. The summed E-state index contributed by atoms with van der Waals surface area (Å²) in [4.78, 5) is 11.8. The lowest BCUT2D eigenvalue weighted by molar-refractivity contribution is 0.413. The smallest absolute Gasteiger partial charge is 0.226 e. The first-order valence-electron chi connectivity index (χ1n) is 10.1. The molecule has 3 aromatic rings. The molecule has 1 N–H and O–H groups in total. The van der Waals surface area contributed by atoms with Crippen LogP contribution >= 0.6 is 0 Å². The van der Waals surface area contributed by atoms with Crippen LogP contribution in [0.4, 0.5) is 10.3 Å². The van der Waals surface area contributed by atoms with Crippen LogP contribution < -0.4 is 10.2 Å². The fraction of sp³-hybridized carbons (Fsp3) is 0.391. The van der Waals surface area contributed by atoms with Gasteiger partial charge in [-0.25, -0.2) is 14.4 Å². The third-order valence-electron chi connectivity index (χ3n) is 5.59. The van der Waals surface area contributed by atoms with Gasteiger partial charge in [0.2, 0.25) is 5.95 Å². The molecule has 1 saturated heterocycles. The number of aryl methyl sites for hydroxylation is 2. The first-order valence-corrected chi connectivity index (χ1v) is 10.1. The summed E-state index contributed by atoms with van der Waals surface area (Å²) in [7, 11) is 0. The minimum atomic E-state index is -0.113. The van der Waals surface area contributed by atoms with Crippen molar-refractivity contribution in [3.05, 3.63) is 65.1 Å². The molecule has 4 nitrogen and oxygen atoms in total. The van der Waals surface area contributed by atoms with Crippen LogP contribution in [0.2, 0.25) is 0 Å². The van der Waals surface area contributed by atoms with Crippen molar-refractivity contribution >= 4 is 16.9 Å². The Kier molecular flexibility index (Phi) is 5.53. The van der Waals surface area contributed by atoms with E-state index in [9.17, 15) is 4.39 Å². The predicted molar refractivity (Wildman–Crippen MR) is 112 cm³/mol. The average molecular weight is 378 g/mol. The van der Waals surface area contributed by atoms with Crippen LogP contribution in [0.15, 0.2) is 42.5 Å². The molecule has 28 heavy (non-hydrogen) atoms. The Bertz CT molecular complexity index is 964. The second kappa shape index (κ2) is 8.23. The lowest BCUT2D eigenvalue weighted by atomic mass is 10.0. The van der Waals surface area contributed by atoms with Gasteiger partial charge in [0, 0.05) is 24.5 Å². The van der Waals surface area contributed by atoms with Gasteiger partial charge >= 0.3 is 0 Å². The number of fused-ring (bicyclic) bond motifs is 1. The van der Waals surface area contributed by atoms with Crippen molar-refractivity contribution in [3.63, 3.8) is 0 Å². The van der Waals surface area contributed by atoms with E-state index in [2.05, 4.69) is 42.3 Å². The zero-order valence-electron chi connectivity index (χ0n) is 16.6. The molecule has 1 aliphatic rings. The number of halogens is 1. The van der Waals surface area contributed by atoms with Crippen molar-refractivity contribution < 1.29 is 4.39 Å². The lowest BCUT2D eigenvalue weighted by Crippen LogP contribution is -2.43. The van der Waals surface area contributed by atoms with E-state index in [-0.39, 0.29) is 5.82 Å². The van der Waals surface area contributed by atoms with Crippen molar-refractivity contribution in [2.45, 2.75) is 39.2 Å². The van der Waals surface area contributed by atoms with Gasteiger partial charge in [-0.3, -0.25) is 0 Å². The molecule has 2 heterocycles. The van der Waals surface area contributed by atoms with Crippen molar-refractivity contribution in [2.24, 2.45) is 0 Å². The highest BCUT2D eigenvalue weighted by molar-refractivity contribution is 5.82. The van der Waals surface area contributed by atoms with Gasteiger partial charge in [0.25, 0.3) is 0 Å². The van der Waals surface area contributed by atoms with Gasteiger partial charge < -0.3 is 10.2 Å². The van der Waals surface area contributed by atoms with Crippen LogP contribution in [0.3, 0.4) is 0 Å². The number of rotatable bonds is 5. The summed E-state index contributed by atoms with van der Waals surface area (Å²) in [6, 6.07) is 13.8. The summed E-state index contributed by atoms with van der Waals surface area (Å²) in [5.41, 5.74) is 4.06. The molecule has 146 valence electrons. The molecule has 0 aliphatic carbocycles. The fourth-order valence-electron chi connectivity index (χ4n) is 3.92. The quantitative estimate of drug-likeness (QED) is 0.723. The fourth-order valence-corrected chi connectivity index (χ4v) is 3.92. The molecule has 0 radical (unpaired) electrons. The summed E-state index contributed by atoms with van der Waals surface area (Å²) in [5, 5.41) is 4.72. The summed E-state index contributed by atoms with van der Waals surface area (Å²) in [6.07, 6.45) is 2.82. The summed E-state index contributed by atoms with van der Waals surface area (Å²) >= 11 is 0. The van der Waals surface area contributed by atoms with E-state index in [1.54, 1.807) is 6.07 Å². The monoisotopic (exact) mass is 378 g/mol. The minimum Gasteiger partial charge on any atom is -0.341 e. The van der Waals surface area contributed by atoms with Crippen LogP contribution in [-0.2, 0) is 6.42 Å². The number of aromatic nitrogens is 2. The number of hydrogen-bond donors (Lipinski definition) is 1. The molecule has 0 saturated carbocycles.